The largest absolute Gasteiger partial charge is 0.346 e. The van der Waals surface area contributed by atoms with Crippen LogP contribution in [0, 0.1) is 6.92 Å². The Morgan fingerprint density at radius 2 is 1.84 bits per heavy atom. The predicted octanol–water partition coefficient (Wildman–Crippen LogP) is 2.22. The second kappa shape index (κ2) is 8.38. The van der Waals surface area contributed by atoms with Crippen molar-refractivity contribution in [3.63, 3.8) is 0 Å². The van der Waals surface area contributed by atoms with Crippen molar-refractivity contribution in [2.75, 3.05) is 33.4 Å². The highest BCUT2D eigenvalue weighted by Gasteiger charge is 2.42. The van der Waals surface area contributed by atoms with Crippen molar-refractivity contribution in [2.45, 2.75) is 30.7 Å². The average Bonchev–Trinajstić information content (AvgIpc) is 2.77. The van der Waals surface area contributed by atoms with Crippen molar-refractivity contribution in [2.24, 2.45) is 0 Å². The van der Waals surface area contributed by atoms with Crippen LogP contribution in [0.25, 0.3) is 0 Å². The Balaban J connectivity index is 1.74. The Morgan fingerprint density at radius 3 is 2.40 bits per heavy atom. The molecular formula is C18H25N3O3S. The van der Waals surface area contributed by atoms with E-state index in [-0.39, 0.29) is 24.3 Å². The van der Waals surface area contributed by atoms with E-state index in [0.717, 1.165) is 17.1 Å². The van der Waals surface area contributed by atoms with Gasteiger partial charge in [0.25, 0.3) is 5.91 Å². The van der Waals surface area contributed by atoms with Gasteiger partial charge >= 0.3 is 6.03 Å². The van der Waals surface area contributed by atoms with E-state index < -0.39 is 6.04 Å². The van der Waals surface area contributed by atoms with E-state index in [2.05, 4.69) is 31.2 Å². The molecule has 1 aromatic rings. The number of hydrogen-bond acceptors (Lipinski definition) is 4. The number of imide groups is 1. The summed E-state index contributed by atoms with van der Waals surface area (Å²) in [6, 6.07) is 7.33. The van der Waals surface area contributed by atoms with Crippen LogP contribution in [0.3, 0.4) is 0 Å². The molecule has 2 rings (SSSR count). The lowest BCUT2D eigenvalue weighted by atomic mass is 10.1. The van der Waals surface area contributed by atoms with E-state index in [4.69, 9.17) is 0 Å². The van der Waals surface area contributed by atoms with Gasteiger partial charge in [0.1, 0.15) is 6.04 Å². The number of likely N-dealkylation sites (N-methyl/N-ethyl adjacent to an activating group) is 2. The van der Waals surface area contributed by atoms with Gasteiger partial charge in [0.05, 0.1) is 6.42 Å². The first kappa shape index (κ1) is 19.3. The molecule has 0 radical (unpaired) electrons. The molecule has 6 nitrogen and oxygen atoms in total. The molecule has 0 aromatic heterocycles. The molecule has 7 heteroatoms. The number of rotatable bonds is 7. The van der Waals surface area contributed by atoms with E-state index in [1.165, 1.54) is 22.4 Å². The summed E-state index contributed by atoms with van der Waals surface area (Å²) >= 11 is 1.77. The third kappa shape index (κ3) is 4.75. The molecule has 1 aliphatic heterocycles. The number of benzene rings is 1. The molecule has 0 unspecified atom stereocenters. The summed E-state index contributed by atoms with van der Waals surface area (Å²) in [4.78, 5) is 41.3. The van der Waals surface area contributed by atoms with Crippen molar-refractivity contribution in [1.29, 1.82) is 0 Å². The van der Waals surface area contributed by atoms with Crippen LogP contribution < -0.4 is 0 Å². The van der Waals surface area contributed by atoms with E-state index >= 15 is 0 Å². The maximum Gasteiger partial charge on any atom is 0.326 e. The van der Waals surface area contributed by atoms with Crippen molar-refractivity contribution in [3.05, 3.63) is 29.8 Å². The fourth-order valence-corrected chi connectivity index (χ4v) is 3.49. The molecule has 0 spiro atoms. The van der Waals surface area contributed by atoms with Gasteiger partial charge in [-0.2, -0.15) is 0 Å². The lowest BCUT2D eigenvalue weighted by Crippen LogP contribution is -2.38. The molecule has 1 aliphatic rings. The molecule has 0 aliphatic carbocycles. The van der Waals surface area contributed by atoms with Crippen LogP contribution >= 0.6 is 11.8 Å². The summed E-state index contributed by atoms with van der Waals surface area (Å²) in [6.45, 7) is 2.69. The Hall–Kier alpha value is -2.02. The van der Waals surface area contributed by atoms with Crippen molar-refractivity contribution in [1.82, 2.24) is 14.7 Å². The molecule has 0 N–H and O–H groups in total. The number of hydrogen-bond donors (Lipinski definition) is 0. The first-order valence-corrected chi connectivity index (χ1v) is 9.27. The minimum Gasteiger partial charge on any atom is -0.346 e. The van der Waals surface area contributed by atoms with E-state index in [1.807, 2.05) is 0 Å². The molecule has 4 amide bonds. The summed E-state index contributed by atoms with van der Waals surface area (Å²) in [5.74, 6) is 0.488. The molecule has 0 saturated carbocycles. The molecule has 1 saturated heterocycles. The summed E-state index contributed by atoms with van der Waals surface area (Å²) in [5.41, 5.74) is 1.24. The Labute approximate surface area is 153 Å². The van der Waals surface area contributed by atoms with Crippen molar-refractivity contribution >= 4 is 29.6 Å². The van der Waals surface area contributed by atoms with Crippen LogP contribution in [0.15, 0.2) is 29.2 Å². The van der Waals surface area contributed by atoms with Gasteiger partial charge in [0.2, 0.25) is 5.91 Å². The monoisotopic (exact) mass is 363 g/mol. The van der Waals surface area contributed by atoms with Gasteiger partial charge in [-0.25, -0.2) is 4.79 Å². The summed E-state index contributed by atoms with van der Waals surface area (Å²) in [7, 11) is 4.74. The fourth-order valence-electron chi connectivity index (χ4n) is 2.65. The number of urea groups is 1. The zero-order valence-electron chi connectivity index (χ0n) is 15.2. The average molecular weight is 363 g/mol. The van der Waals surface area contributed by atoms with Crippen LogP contribution in [0.4, 0.5) is 4.79 Å². The molecule has 1 heterocycles. The van der Waals surface area contributed by atoms with Crippen LogP contribution in [0.2, 0.25) is 0 Å². The van der Waals surface area contributed by atoms with E-state index in [1.54, 1.807) is 30.8 Å². The normalized spacial score (nSPS) is 17.4. The maximum atomic E-state index is 12.3. The number of thioether (sulfide) groups is 1. The van der Waals surface area contributed by atoms with Gasteiger partial charge < -0.3 is 9.80 Å². The minimum atomic E-state index is -0.686. The van der Waals surface area contributed by atoms with E-state index in [0.29, 0.717) is 6.54 Å². The van der Waals surface area contributed by atoms with Crippen LogP contribution in [-0.4, -0.2) is 72.0 Å². The molecular weight excluding hydrogens is 338 g/mol. The van der Waals surface area contributed by atoms with Gasteiger partial charge in [-0.3, -0.25) is 14.5 Å². The Morgan fingerprint density at radius 1 is 1.20 bits per heavy atom. The van der Waals surface area contributed by atoms with Gasteiger partial charge in [-0.1, -0.05) is 17.7 Å². The first-order valence-electron chi connectivity index (χ1n) is 8.29. The molecule has 0 bridgehead atoms. The van der Waals surface area contributed by atoms with Crippen LogP contribution in [0.5, 0.6) is 0 Å². The van der Waals surface area contributed by atoms with Crippen LogP contribution in [-0.2, 0) is 9.59 Å². The number of aryl methyl sites for hydroxylation is 1. The van der Waals surface area contributed by atoms with E-state index in [9.17, 15) is 14.4 Å². The topological polar surface area (TPSA) is 60.9 Å². The summed E-state index contributed by atoms with van der Waals surface area (Å²) in [5, 5.41) is 0. The number of nitrogens with zero attached hydrogens (tertiary/aromatic N) is 3. The van der Waals surface area contributed by atoms with Crippen molar-refractivity contribution in [3.8, 4) is 0 Å². The quantitative estimate of drug-likeness (QED) is 0.423. The van der Waals surface area contributed by atoms with Gasteiger partial charge in [0, 0.05) is 32.6 Å². The third-order valence-corrected chi connectivity index (χ3v) is 5.49. The lowest BCUT2D eigenvalue weighted by molar-refractivity contribution is -0.135. The van der Waals surface area contributed by atoms with Crippen LogP contribution in [0.1, 0.15) is 18.4 Å². The Kier molecular flexibility index (Phi) is 6.47. The highest BCUT2D eigenvalue weighted by molar-refractivity contribution is 7.99. The predicted molar refractivity (Wildman–Crippen MR) is 98.5 cm³/mol. The summed E-state index contributed by atoms with van der Waals surface area (Å²) < 4.78 is 0. The van der Waals surface area contributed by atoms with Gasteiger partial charge in [0.15, 0.2) is 0 Å². The Bertz CT molecular complexity index is 647. The second-order valence-electron chi connectivity index (χ2n) is 6.34. The third-order valence-electron chi connectivity index (χ3n) is 4.39. The number of amides is 4. The summed E-state index contributed by atoms with van der Waals surface area (Å²) in [6.07, 6.45) is 0.904. The molecule has 25 heavy (non-hydrogen) atoms. The molecule has 1 aromatic carbocycles. The van der Waals surface area contributed by atoms with Gasteiger partial charge in [-0.05, 0) is 31.2 Å². The van der Waals surface area contributed by atoms with Gasteiger partial charge in [-0.15, -0.1) is 11.8 Å². The van der Waals surface area contributed by atoms with Crippen molar-refractivity contribution < 1.29 is 14.4 Å². The SMILES string of the molecule is Cc1ccc(SCCCN(C)C(=O)C[C@@H]2C(=O)N(C)C(=O)N2C)cc1. The zero-order chi connectivity index (χ0) is 18.6. The maximum absolute atomic E-state index is 12.3. The molecule has 136 valence electrons. The highest BCUT2D eigenvalue weighted by Crippen LogP contribution is 2.20. The standard InChI is InChI=1S/C18H25N3O3S/c1-13-6-8-14(9-7-13)25-11-5-10-19(2)16(22)12-15-17(23)21(4)18(24)20(15)3/h6-9,15H,5,10-12H2,1-4H3/t15-/m1/s1. The highest BCUT2D eigenvalue weighted by atomic mass is 32.2. The molecule has 1 atom stereocenters. The smallest absolute Gasteiger partial charge is 0.326 e. The minimum absolute atomic E-state index is 0.0347. The number of carbonyl (C=O) groups excluding carboxylic acids is 3. The lowest BCUT2D eigenvalue weighted by Gasteiger charge is -2.21. The second-order valence-corrected chi connectivity index (χ2v) is 7.51. The first-order chi connectivity index (χ1) is 11.8. The molecule has 1 fully saturated rings. The number of carbonyl (C=O) groups is 3. The fraction of sp³-hybridized carbons (Fsp3) is 0.500. The zero-order valence-corrected chi connectivity index (χ0v) is 16.0.